The van der Waals surface area contributed by atoms with Crippen molar-refractivity contribution in [2.75, 3.05) is 12.4 Å². The molecule has 1 aliphatic rings. The molecule has 0 spiro atoms. The standard InChI is InChI=1S/C26H25FN6O3/c1-14(2)36-21-10-7-17(11-22(21)35-4)19-12-23(34)30-25-24(19)15(3)32-33(25)26-29-20(13-28-31-26)16-5-8-18(27)9-6-16/h5-11,13-14,19H,12H2,1-4H3,(H,30,34)/t19-/m0/s1. The molecule has 0 radical (unpaired) electrons. The molecule has 0 aliphatic carbocycles. The van der Waals surface area contributed by atoms with E-state index in [1.54, 1.807) is 19.2 Å². The van der Waals surface area contributed by atoms with Gasteiger partial charge in [-0.3, -0.25) is 4.79 Å². The molecular formula is C26H25FN6O3. The Morgan fingerprint density at radius 1 is 1.14 bits per heavy atom. The number of aryl methyl sites for hydroxylation is 1. The molecule has 9 nitrogen and oxygen atoms in total. The number of nitrogens with zero attached hydrogens (tertiary/aromatic N) is 5. The highest BCUT2D eigenvalue weighted by Crippen LogP contribution is 2.42. The van der Waals surface area contributed by atoms with E-state index in [0.717, 1.165) is 16.8 Å². The van der Waals surface area contributed by atoms with Crippen molar-refractivity contribution in [3.63, 3.8) is 0 Å². The topological polar surface area (TPSA) is 104 Å². The number of benzene rings is 2. The normalized spacial score (nSPS) is 14.9. The second-order valence-electron chi connectivity index (χ2n) is 8.79. The predicted octanol–water partition coefficient (Wildman–Crippen LogP) is 4.44. The van der Waals surface area contributed by atoms with Crippen LogP contribution < -0.4 is 14.8 Å². The minimum Gasteiger partial charge on any atom is -0.493 e. The van der Waals surface area contributed by atoms with E-state index in [1.165, 1.54) is 23.0 Å². The van der Waals surface area contributed by atoms with Crippen LogP contribution >= 0.6 is 0 Å². The van der Waals surface area contributed by atoms with E-state index < -0.39 is 0 Å². The fraction of sp³-hybridized carbons (Fsp3) is 0.269. The first-order valence-corrected chi connectivity index (χ1v) is 11.5. The SMILES string of the molecule is COc1cc([C@@H]2CC(=O)Nc3c2c(C)nn3-c2nncc(-c3ccc(F)cc3)n2)ccc1OC(C)C. The molecule has 1 atom stereocenters. The molecule has 36 heavy (non-hydrogen) atoms. The molecule has 3 heterocycles. The summed E-state index contributed by atoms with van der Waals surface area (Å²) in [5.74, 6) is 1.18. The largest absolute Gasteiger partial charge is 0.493 e. The molecule has 0 fully saturated rings. The third-order valence-corrected chi connectivity index (χ3v) is 5.93. The number of anilines is 1. The Kier molecular flexibility index (Phi) is 6.09. The third-order valence-electron chi connectivity index (χ3n) is 5.93. The number of rotatable bonds is 6. The molecule has 1 N–H and O–H groups in total. The van der Waals surface area contributed by atoms with Crippen molar-refractivity contribution >= 4 is 11.7 Å². The van der Waals surface area contributed by atoms with Gasteiger partial charge < -0.3 is 14.8 Å². The van der Waals surface area contributed by atoms with E-state index in [9.17, 15) is 9.18 Å². The summed E-state index contributed by atoms with van der Waals surface area (Å²) in [6.45, 7) is 5.78. The molecule has 2 aromatic carbocycles. The van der Waals surface area contributed by atoms with Gasteiger partial charge >= 0.3 is 0 Å². The van der Waals surface area contributed by atoms with Crippen LogP contribution in [0.2, 0.25) is 0 Å². The summed E-state index contributed by atoms with van der Waals surface area (Å²) in [6.07, 6.45) is 1.74. The summed E-state index contributed by atoms with van der Waals surface area (Å²) >= 11 is 0. The molecule has 0 saturated heterocycles. The van der Waals surface area contributed by atoms with Gasteiger partial charge in [-0.15, -0.1) is 5.10 Å². The number of ether oxygens (including phenoxy) is 2. The lowest BCUT2D eigenvalue weighted by molar-refractivity contribution is -0.116. The number of halogens is 1. The Labute approximate surface area is 207 Å². The molecule has 0 unspecified atom stereocenters. The Bertz CT molecular complexity index is 1430. The van der Waals surface area contributed by atoms with Gasteiger partial charge in [0.25, 0.3) is 5.95 Å². The monoisotopic (exact) mass is 488 g/mol. The lowest BCUT2D eigenvalue weighted by atomic mass is 9.85. The molecule has 0 saturated carbocycles. The van der Waals surface area contributed by atoms with Crippen molar-refractivity contribution in [1.29, 1.82) is 0 Å². The van der Waals surface area contributed by atoms with E-state index >= 15 is 0 Å². The summed E-state index contributed by atoms with van der Waals surface area (Å²) in [5, 5.41) is 15.8. The average Bonchev–Trinajstić information content (AvgIpc) is 3.20. The zero-order valence-electron chi connectivity index (χ0n) is 20.3. The fourth-order valence-electron chi connectivity index (χ4n) is 4.37. The van der Waals surface area contributed by atoms with Crippen LogP contribution in [-0.4, -0.2) is 44.1 Å². The van der Waals surface area contributed by atoms with E-state index in [1.807, 2.05) is 39.0 Å². The molecule has 1 aliphatic heterocycles. The average molecular weight is 489 g/mol. The van der Waals surface area contributed by atoms with E-state index in [-0.39, 0.29) is 36.1 Å². The second-order valence-corrected chi connectivity index (χ2v) is 8.79. The van der Waals surface area contributed by atoms with E-state index in [4.69, 9.17) is 9.47 Å². The highest BCUT2D eigenvalue weighted by Gasteiger charge is 2.34. The maximum absolute atomic E-state index is 13.4. The van der Waals surface area contributed by atoms with Gasteiger partial charge in [0.1, 0.15) is 11.6 Å². The number of aromatic nitrogens is 5. The smallest absolute Gasteiger partial charge is 0.272 e. The summed E-state index contributed by atoms with van der Waals surface area (Å²) in [7, 11) is 1.59. The van der Waals surface area contributed by atoms with Gasteiger partial charge in [0.05, 0.1) is 30.8 Å². The van der Waals surface area contributed by atoms with Crippen LogP contribution in [-0.2, 0) is 4.79 Å². The van der Waals surface area contributed by atoms with Gasteiger partial charge in [-0.1, -0.05) is 6.07 Å². The Hall–Kier alpha value is -4.34. The molecule has 0 bridgehead atoms. The Morgan fingerprint density at radius 2 is 1.92 bits per heavy atom. The number of hydrogen-bond donors (Lipinski definition) is 1. The summed E-state index contributed by atoms with van der Waals surface area (Å²) in [4.78, 5) is 17.4. The van der Waals surface area contributed by atoms with Crippen LogP contribution in [0.4, 0.5) is 10.2 Å². The number of methoxy groups -OCH3 is 1. The van der Waals surface area contributed by atoms with Crippen molar-refractivity contribution in [3.8, 4) is 28.7 Å². The minimum absolute atomic E-state index is 0.00318. The summed E-state index contributed by atoms with van der Waals surface area (Å²) in [5.41, 5.74) is 3.69. The number of amides is 1. The number of carbonyl (C=O) groups excluding carboxylic acids is 1. The molecule has 5 rings (SSSR count). The zero-order valence-corrected chi connectivity index (χ0v) is 20.3. The van der Waals surface area contributed by atoms with Crippen LogP contribution in [0.1, 0.15) is 43.0 Å². The van der Waals surface area contributed by atoms with Crippen molar-refractivity contribution in [1.82, 2.24) is 25.0 Å². The molecule has 10 heteroatoms. The van der Waals surface area contributed by atoms with Gasteiger partial charge in [0.15, 0.2) is 11.5 Å². The highest BCUT2D eigenvalue weighted by molar-refractivity contribution is 5.95. The molecule has 4 aromatic rings. The minimum atomic E-state index is -0.341. The zero-order chi connectivity index (χ0) is 25.4. The third kappa shape index (κ3) is 4.37. The van der Waals surface area contributed by atoms with Crippen LogP contribution in [0.15, 0.2) is 48.7 Å². The first kappa shape index (κ1) is 23.4. The lowest BCUT2D eigenvalue weighted by Gasteiger charge is -2.25. The molecule has 184 valence electrons. The fourth-order valence-corrected chi connectivity index (χ4v) is 4.37. The number of carbonyl (C=O) groups is 1. The first-order chi connectivity index (χ1) is 17.3. The number of hydrogen-bond acceptors (Lipinski definition) is 7. The van der Waals surface area contributed by atoms with Crippen LogP contribution in [0.25, 0.3) is 17.2 Å². The van der Waals surface area contributed by atoms with Gasteiger partial charge in [-0.2, -0.15) is 14.9 Å². The number of fused-ring (bicyclic) bond motifs is 1. The van der Waals surface area contributed by atoms with Crippen LogP contribution in [0.5, 0.6) is 11.5 Å². The van der Waals surface area contributed by atoms with Crippen LogP contribution in [0.3, 0.4) is 0 Å². The molecular weight excluding hydrogens is 463 g/mol. The maximum Gasteiger partial charge on any atom is 0.272 e. The Balaban J connectivity index is 1.57. The second kappa shape index (κ2) is 9.37. The van der Waals surface area contributed by atoms with Crippen LogP contribution in [0, 0.1) is 12.7 Å². The van der Waals surface area contributed by atoms with Crippen molar-refractivity contribution < 1.29 is 18.7 Å². The lowest BCUT2D eigenvalue weighted by Crippen LogP contribution is -2.25. The van der Waals surface area contributed by atoms with Crippen molar-refractivity contribution in [2.24, 2.45) is 0 Å². The highest BCUT2D eigenvalue weighted by atomic mass is 19.1. The number of nitrogens with one attached hydrogen (secondary N) is 1. The quantitative estimate of drug-likeness (QED) is 0.428. The van der Waals surface area contributed by atoms with Gasteiger partial charge in [0, 0.05) is 23.5 Å². The molecule has 1 amide bonds. The van der Waals surface area contributed by atoms with Crippen molar-refractivity contribution in [3.05, 3.63) is 71.3 Å². The van der Waals surface area contributed by atoms with Gasteiger partial charge in [0.2, 0.25) is 5.91 Å². The molecule has 2 aromatic heterocycles. The summed E-state index contributed by atoms with van der Waals surface area (Å²) < 4.78 is 26.3. The predicted molar refractivity (Wildman–Crippen MR) is 131 cm³/mol. The van der Waals surface area contributed by atoms with Crippen molar-refractivity contribution in [2.45, 2.75) is 39.2 Å². The van der Waals surface area contributed by atoms with Gasteiger partial charge in [-0.05, 0) is 62.7 Å². The first-order valence-electron chi connectivity index (χ1n) is 11.5. The van der Waals surface area contributed by atoms with E-state index in [0.29, 0.717) is 28.6 Å². The Morgan fingerprint density at radius 3 is 2.64 bits per heavy atom. The summed E-state index contributed by atoms with van der Waals surface area (Å²) in [6, 6.07) is 11.6. The maximum atomic E-state index is 13.4. The van der Waals surface area contributed by atoms with E-state index in [2.05, 4.69) is 25.6 Å². The van der Waals surface area contributed by atoms with Gasteiger partial charge in [-0.25, -0.2) is 9.37 Å².